The van der Waals surface area contributed by atoms with Gasteiger partial charge >= 0.3 is 11.9 Å². The number of aromatic hydroxyl groups is 2. The van der Waals surface area contributed by atoms with Crippen LogP contribution in [0.3, 0.4) is 0 Å². The average molecular weight is 257 g/mol. The number of aromatic carboxylic acids is 2. The number of phenols is 2. The maximum absolute atomic E-state index is 10.4. The van der Waals surface area contributed by atoms with Crippen LogP contribution < -0.4 is 0 Å². The smallest absolute Gasteiger partial charge is 0.339 e. The fourth-order valence-corrected chi connectivity index (χ4v) is 0.919. The van der Waals surface area contributed by atoms with Gasteiger partial charge in [0.05, 0.1) is 0 Å². The predicted molar refractivity (Wildman–Crippen MR) is 43.7 cm³/mol. The fraction of sp³-hybridized carbons (Fsp3) is 0. The number of carbonyl (C=O) groups is 2. The predicted octanol–water partition coefficient (Wildman–Crippen LogP) is 0.492. The molecule has 0 bridgehead atoms. The average Bonchev–Trinajstić information content (AvgIpc) is 2.07. The number of hydrogen-bond donors (Lipinski definition) is 4. The van der Waals surface area contributed by atoms with E-state index >= 15 is 0 Å². The summed E-state index contributed by atoms with van der Waals surface area (Å²) in [6.45, 7) is 0. The summed E-state index contributed by atoms with van der Waals surface area (Å²) >= 11 is 0. The van der Waals surface area contributed by atoms with Gasteiger partial charge in [-0.3, -0.25) is 0 Å². The Bertz CT molecular complexity index is 374. The molecule has 0 spiro atoms. The van der Waals surface area contributed by atoms with Gasteiger partial charge < -0.3 is 20.4 Å². The molecule has 84 valence electrons. The number of carboxylic acid groups (broad SMARTS) is 2. The van der Waals surface area contributed by atoms with Gasteiger partial charge in [0.1, 0.15) is 22.6 Å². The van der Waals surface area contributed by atoms with Crippen molar-refractivity contribution in [2.24, 2.45) is 0 Å². The maximum atomic E-state index is 10.4. The Morgan fingerprint density at radius 1 is 0.867 bits per heavy atom. The van der Waals surface area contributed by atoms with Crippen molar-refractivity contribution in [3.63, 3.8) is 0 Å². The van der Waals surface area contributed by atoms with Crippen molar-refractivity contribution >= 4 is 11.9 Å². The summed E-state index contributed by atoms with van der Waals surface area (Å²) in [6, 6.07) is 1.36. The van der Waals surface area contributed by atoms with E-state index < -0.39 is 34.6 Å². The quantitative estimate of drug-likeness (QED) is 0.452. The zero-order chi connectivity index (χ0) is 10.9. The first kappa shape index (κ1) is 13.3. The first-order chi connectivity index (χ1) is 6.43. The van der Waals surface area contributed by atoms with E-state index in [0.29, 0.717) is 12.1 Å². The SMILES string of the molecule is O=C(O)c1cc(O)c(C(=O)O)cc1O.[Ni]. The van der Waals surface area contributed by atoms with Crippen LogP contribution in [0.1, 0.15) is 20.7 Å². The third-order valence-corrected chi connectivity index (χ3v) is 1.57. The summed E-state index contributed by atoms with van der Waals surface area (Å²) in [7, 11) is 0. The second kappa shape index (κ2) is 4.66. The Hall–Kier alpha value is -1.75. The monoisotopic (exact) mass is 256 g/mol. The first-order valence-electron chi connectivity index (χ1n) is 3.46. The van der Waals surface area contributed by atoms with Crippen molar-refractivity contribution in [3.05, 3.63) is 23.3 Å². The molecule has 1 aromatic carbocycles. The summed E-state index contributed by atoms with van der Waals surface area (Å²) in [5.74, 6) is -4.30. The first-order valence-corrected chi connectivity index (χ1v) is 3.46. The van der Waals surface area contributed by atoms with Crippen LogP contribution in [0.2, 0.25) is 0 Å². The van der Waals surface area contributed by atoms with E-state index in [1.54, 1.807) is 0 Å². The van der Waals surface area contributed by atoms with Gasteiger partial charge in [-0.15, -0.1) is 0 Å². The Labute approximate surface area is 93.7 Å². The summed E-state index contributed by atoms with van der Waals surface area (Å²) in [6.07, 6.45) is 0. The summed E-state index contributed by atoms with van der Waals surface area (Å²) in [4.78, 5) is 20.9. The molecule has 0 heterocycles. The molecule has 0 aromatic heterocycles. The molecule has 0 saturated heterocycles. The third kappa shape index (κ3) is 2.60. The fourth-order valence-electron chi connectivity index (χ4n) is 0.919. The molecule has 6 nitrogen and oxygen atoms in total. The molecule has 7 heteroatoms. The van der Waals surface area contributed by atoms with Crippen LogP contribution in [0.5, 0.6) is 11.5 Å². The molecular weight excluding hydrogens is 251 g/mol. The van der Waals surface area contributed by atoms with Crippen LogP contribution in [0.15, 0.2) is 12.1 Å². The van der Waals surface area contributed by atoms with Crippen molar-refractivity contribution in [1.82, 2.24) is 0 Å². The molecule has 0 fully saturated rings. The van der Waals surface area contributed by atoms with Gasteiger partial charge in [-0.2, -0.15) is 0 Å². The van der Waals surface area contributed by atoms with E-state index in [9.17, 15) is 9.59 Å². The summed E-state index contributed by atoms with van der Waals surface area (Å²) in [5.41, 5.74) is -1.10. The normalized spacial score (nSPS) is 9.07. The van der Waals surface area contributed by atoms with Gasteiger partial charge in [-0.25, -0.2) is 9.59 Å². The molecular formula is C8H6NiO6. The summed E-state index contributed by atoms with van der Waals surface area (Å²) in [5, 5.41) is 35.2. The molecule has 1 rings (SSSR count). The molecule has 0 amide bonds. The van der Waals surface area contributed by atoms with Gasteiger partial charge in [0, 0.05) is 16.5 Å². The number of carboxylic acids is 2. The minimum Gasteiger partial charge on any atom is -0.507 e. The molecule has 0 saturated carbocycles. The van der Waals surface area contributed by atoms with Crippen LogP contribution in [-0.4, -0.2) is 32.4 Å². The Morgan fingerprint density at radius 2 is 1.13 bits per heavy atom. The molecule has 1 aromatic rings. The standard InChI is InChI=1S/C8H6O6.Ni/c9-5-1-3(7(11)12)6(10)2-4(5)8(13)14;/h1-2,9-10H,(H,11,12)(H,13,14);. The van der Waals surface area contributed by atoms with E-state index in [1.165, 1.54) is 0 Å². The molecule has 0 aliphatic heterocycles. The molecule has 0 atom stereocenters. The van der Waals surface area contributed by atoms with E-state index in [1.807, 2.05) is 0 Å². The Morgan fingerprint density at radius 3 is 1.33 bits per heavy atom. The van der Waals surface area contributed by atoms with Crippen molar-refractivity contribution < 1.29 is 46.5 Å². The maximum Gasteiger partial charge on any atom is 0.339 e. The van der Waals surface area contributed by atoms with E-state index in [-0.39, 0.29) is 16.5 Å². The van der Waals surface area contributed by atoms with Crippen LogP contribution in [0.4, 0.5) is 0 Å². The molecule has 0 aliphatic carbocycles. The Kier molecular flexibility index (Phi) is 4.12. The van der Waals surface area contributed by atoms with Crippen LogP contribution in [0, 0.1) is 0 Å². The Balaban J connectivity index is 0.00000196. The van der Waals surface area contributed by atoms with Gasteiger partial charge in [0.25, 0.3) is 0 Å². The van der Waals surface area contributed by atoms with Crippen molar-refractivity contribution in [2.45, 2.75) is 0 Å². The molecule has 0 unspecified atom stereocenters. The van der Waals surface area contributed by atoms with Gasteiger partial charge in [0.15, 0.2) is 0 Å². The van der Waals surface area contributed by atoms with Crippen molar-refractivity contribution in [3.8, 4) is 11.5 Å². The zero-order valence-electron chi connectivity index (χ0n) is 7.08. The summed E-state index contributed by atoms with van der Waals surface area (Å²) < 4.78 is 0. The minimum atomic E-state index is -1.45. The van der Waals surface area contributed by atoms with E-state index in [2.05, 4.69) is 0 Å². The number of rotatable bonds is 2. The van der Waals surface area contributed by atoms with Gasteiger partial charge in [0.2, 0.25) is 0 Å². The topological polar surface area (TPSA) is 115 Å². The van der Waals surface area contributed by atoms with Crippen molar-refractivity contribution in [1.29, 1.82) is 0 Å². The molecule has 0 radical (unpaired) electrons. The molecule has 15 heavy (non-hydrogen) atoms. The zero-order valence-corrected chi connectivity index (χ0v) is 8.06. The number of hydrogen-bond acceptors (Lipinski definition) is 4. The van der Waals surface area contributed by atoms with Crippen LogP contribution >= 0.6 is 0 Å². The largest absolute Gasteiger partial charge is 0.507 e. The second-order valence-electron chi connectivity index (χ2n) is 2.50. The third-order valence-electron chi connectivity index (χ3n) is 1.57. The molecule has 0 aliphatic rings. The van der Waals surface area contributed by atoms with Crippen molar-refractivity contribution in [2.75, 3.05) is 0 Å². The van der Waals surface area contributed by atoms with Gasteiger partial charge in [-0.05, 0) is 12.1 Å². The number of benzene rings is 1. The van der Waals surface area contributed by atoms with E-state index in [4.69, 9.17) is 20.4 Å². The van der Waals surface area contributed by atoms with Crippen LogP contribution in [-0.2, 0) is 16.5 Å². The molecule has 4 N–H and O–H groups in total. The second-order valence-corrected chi connectivity index (χ2v) is 2.50. The van der Waals surface area contributed by atoms with E-state index in [0.717, 1.165) is 0 Å². The van der Waals surface area contributed by atoms with Gasteiger partial charge in [-0.1, -0.05) is 0 Å². The van der Waals surface area contributed by atoms with Crippen LogP contribution in [0.25, 0.3) is 0 Å². The minimum absolute atomic E-state index is 0.